The summed E-state index contributed by atoms with van der Waals surface area (Å²) in [4.78, 5) is 10.8. The Morgan fingerprint density at radius 3 is 2.91 bits per heavy atom. The zero-order chi connectivity index (χ0) is 8.27. The summed E-state index contributed by atoms with van der Waals surface area (Å²) in [5, 5.41) is 0. The van der Waals surface area contributed by atoms with Gasteiger partial charge in [-0.05, 0) is 12.2 Å². The zero-order valence-corrected chi connectivity index (χ0v) is 8.03. The van der Waals surface area contributed by atoms with Crippen molar-refractivity contribution in [3.05, 3.63) is 12.2 Å². The minimum Gasteiger partial charge on any atom is -0.464 e. The maximum absolute atomic E-state index is 10.8. The Labute approximate surface area is 74.2 Å². The Morgan fingerprint density at radius 2 is 2.45 bits per heavy atom. The number of carbonyl (C=O) groups excluding carboxylic acids is 1. The van der Waals surface area contributed by atoms with Crippen molar-refractivity contribution in [3.63, 3.8) is 0 Å². The number of hydrogen-bond donors (Lipinski definition) is 1. The first-order valence-electron chi connectivity index (χ1n) is 2.85. The monoisotopic (exact) mass is 266 g/mol. The van der Waals surface area contributed by atoms with Gasteiger partial charge in [0.2, 0.25) is 0 Å². The molecule has 60 valence electrons. The number of hydrogen-bond acceptors (Lipinski definition) is 4. The summed E-state index contributed by atoms with van der Waals surface area (Å²) in [6.45, 7) is 0. The first-order chi connectivity index (χ1) is 5.24. The maximum atomic E-state index is 10.8. The molecule has 0 radical (unpaired) electrons. The third kappa shape index (κ3) is 2.19. The fourth-order valence-electron chi connectivity index (χ4n) is 0.516. The van der Waals surface area contributed by atoms with Crippen molar-refractivity contribution in [2.75, 3.05) is 7.11 Å². The highest BCUT2D eigenvalue weighted by Gasteiger charge is 2.09. The van der Waals surface area contributed by atoms with E-state index in [1.54, 1.807) is 12.2 Å². The molecule has 0 unspecified atom stereocenters. The third-order valence-electron chi connectivity index (χ3n) is 1.03. The SMILES string of the molecule is COC(=O)C1=NI=C(N)C=C1. The van der Waals surface area contributed by atoms with Crippen LogP contribution in [0, 0.1) is 0 Å². The molecule has 0 spiro atoms. The number of halogens is 1. The van der Waals surface area contributed by atoms with Crippen LogP contribution in [-0.4, -0.2) is 22.4 Å². The molecule has 1 rings (SSSR count). The average molecular weight is 266 g/mol. The van der Waals surface area contributed by atoms with Gasteiger partial charge in [-0.3, -0.25) is 5.73 Å². The zero-order valence-electron chi connectivity index (χ0n) is 5.87. The average Bonchev–Trinajstić information content (AvgIpc) is 2.05. The summed E-state index contributed by atoms with van der Waals surface area (Å²) in [5.74, 6) is -0.395. The van der Waals surface area contributed by atoms with Gasteiger partial charge in [0.05, 0.1) is 10.7 Å². The van der Waals surface area contributed by atoms with E-state index in [-0.39, 0.29) is 0 Å². The second-order valence-electron chi connectivity index (χ2n) is 1.76. The van der Waals surface area contributed by atoms with E-state index in [9.17, 15) is 4.79 Å². The Morgan fingerprint density at radius 1 is 1.73 bits per heavy atom. The lowest BCUT2D eigenvalue weighted by atomic mass is 10.3. The minimum absolute atomic E-state index is 0.370. The lowest BCUT2D eigenvalue weighted by molar-refractivity contribution is -0.132. The quantitative estimate of drug-likeness (QED) is 0.542. The molecule has 0 saturated heterocycles. The van der Waals surface area contributed by atoms with Gasteiger partial charge in [0.1, 0.15) is 0 Å². The summed E-state index contributed by atoms with van der Waals surface area (Å²) < 4.78 is 9.22. The maximum Gasteiger partial charge on any atom is 0.357 e. The molecule has 1 aliphatic heterocycles. The fraction of sp³-hybridized carbons (Fsp3) is 0.167. The van der Waals surface area contributed by atoms with Crippen molar-refractivity contribution in [3.8, 4) is 0 Å². The number of ether oxygens (including phenoxy) is 1. The summed E-state index contributed by atoms with van der Waals surface area (Å²) in [5.41, 5.74) is 5.83. The van der Waals surface area contributed by atoms with Gasteiger partial charge in [0, 0.05) is 21.0 Å². The smallest absolute Gasteiger partial charge is 0.357 e. The molecule has 0 amide bonds. The van der Waals surface area contributed by atoms with Gasteiger partial charge in [0.15, 0.2) is 5.71 Å². The Balaban J connectivity index is 2.79. The normalized spacial score (nSPS) is 16.2. The predicted molar refractivity (Wildman–Crippen MR) is 51.8 cm³/mol. The van der Waals surface area contributed by atoms with Crippen molar-refractivity contribution < 1.29 is 9.53 Å². The third-order valence-corrected chi connectivity index (χ3v) is 2.70. The van der Waals surface area contributed by atoms with Gasteiger partial charge in [-0.2, -0.15) is 0 Å². The summed E-state index contributed by atoms with van der Waals surface area (Å²) >= 11 is -0.533. The van der Waals surface area contributed by atoms with Crippen LogP contribution >= 0.6 is 21.0 Å². The molecule has 1 heterocycles. The topological polar surface area (TPSA) is 64.7 Å². The van der Waals surface area contributed by atoms with Crippen LogP contribution in [-0.2, 0) is 9.53 Å². The lowest BCUT2D eigenvalue weighted by Gasteiger charge is -2.00. The van der Waals surface area contributed by atoms with Crippen LogP contribution in [0.3, 0.4) is 0 Å². The van der Waals surface area contributed by atoms with Gasteiger partial charge >= 0.3 is 5.97 Å². The molecule has 0 bridgehead atoms. The van der Waals surface area contributed by atoms with Crippen LogP contribution in [0.25, 0.3) is 0 Å². The van der Waals surface area contributed by atoms with Crippen molar-refractivity contribution >= 4 is 36.3 Å². The number of carbonyl (C=O) groups is 1. The van der Waals surface area contributed by atoms with Crippen LogP contribution in [0.5, 0.6) is 0 Å². The predicted octanol–water partition coefficient (Wildman–Crippen LogP) is 0.145. The van der Waals surface area contributed by atoms with Gasteiger partial charge in [-0.15, -0.1) is 0 Å². The van der Waals surface area contributed by atoms with Gasteiger partial charge in [-0.25, -0.2) is 8.00 Å². The van der Waals surface area contributed by atoms with Crippen molar-refractivity contribution in [1.29, 1.82) is 0 Å². The first kappa shape index (κ1) is 8.54. The highest BCUT2D eigenvalue weighted by atomic mass is 127. The number of nitrogens with two attached hydrogens (primary N) is 1. The summed E-state index contributed by atoms with van der Waals surface area (Å²) in [7, 11) is 1.33. The van der Waals surface area contributed by atoms with Crippen LogP contribution < -0.4 is 5.73 Å². The highest BCUT2D eigenvalue weighted by Crippen LogP contribution is 2.07. The Bertz CT molecular complexity index is 268. The van der Waals surface area contributed by atoms with Crippen LogP contribution in [0.2, 0.25) is 0 Å². The molecular weight excluding hydrogens is 259 g/mol. The first-order valence-corrected chi connectivity index (χ1v) is 4.89. The van der Waals surface area contributed by atoms with Crippen molar-refractivity contribution in [2.45, 2.75) is 0 Å². The van der Waals surface area contributed by atoms with E-state index in [0.717, 1.165) is 3.63 Å². The number of nitrogens with zero attached hydrogens (tertiary/aromatic N) is 1. The van der Waals surface area contributed by atoms with E-state index in [2.05, 4.69) is 7.94 Å². The van der Waals surface area contributed by atoms with E-state index in [1.807, 2.05) is 0 Å². The molecule has 5 heteroatoms. The molecule has 0 fully saturated rings. The van der Waals surface area contributed by atoms with Crippen LogP contribution in [0.1, 0.15) is 0 Å². The number of rotatable bonds is 1. The number of esters is 1. The summed E-state index contributed by atoms with van der Waals surface area (Å²) in [6.07, 6.45) is 3.27. The van der Waals surface area contributed by atoms with Crippen LogP contribution in [0.15, 0.2) is 15.4 Å². The molecule has 0 aromatic heterocycles. The van der Waals surface area contributed by atoms with Crippen molar-refractivity contribution in [2.24, 2.45) is 8.94 Å². The van der Waals surface area contributed by atoms with Gasteiger partial charge in [-0.1, -0.05) is 0 Å². The molecule has 2 N–H and O–H groups in total. The van der Waals surface area contributed by atoms with E-state index < -0.39 is 27.0 Å². The van der Waals surface area contributed by atoms with Gasteiger partial charge in [0.25, 0.3) is 0 Å². The largest absolute Gasteiger partial charge is 0.464 e. The molecule has 11 heavy (non-hydrogen) atoms. The molecule has 1 aliphatic rings. The Kier molecular flexibility index (Phi) is 2.89. The number of methoxy groups -OCH3 is 1. The molecule has 4 nitrogen and oxygen atoms in total. The van der Waals surface area contributed by atoms with E-state index >= 15 is 0 Å². The highest BCUT2D eigenvalue weighted by molar-refractivity contribution is 14.2. The second-order valence-corrected chi connectivity index (χ2v) is 3.97. The van der Waals surface area contributed by atoms with Crippen LogP contribution in [0.4, 0.5) is 0 Å². The molecule has 0 aliphatic carbocycles. The van der Waals surface area contributed by atoms with E-state index in [1.165, 1.54) is 7.11 Å². The van der Waals surface area contributed by atoms with E-state index in [4.69, 9.17) is 5.73 Å². The molecule has 0 aromatic carbocycles. The fourth-order valence-corrected chi connectivity index (χ4v) is 1.75. The lowest BCUT2D eigenvalue weighted by Crippen LogP contribution is -2.16. The molecule has 0 saturated carbocycles. The molecular formula is C6H7IN2O2. The Hall–Kier alpha value is -0.560. The molecule has 0 atom stereocenters. The second kappa shape index (κ2) is 3.72. The standard InChI is InChI=1S/C6H7IN2O2/c1-11-6(10)4-2-3-5(8)7-9-4/h2-3H,8H2,1H3. The minimum atomic E-state index is -0.533. The summed E-state index contributed by atoms with van der Waals surface area (Å²) in [6, 6.07) is 0. The van der Waals surface area contributed by atoms with Gasteiger partial charge < -0.3 is 4.74 Å². The van der Waals surface area contributed by atoms with E-state index in [0.29, 0.717) is 5.71 Å². The van der Waals surface area contributed by atoms with Crippen molar-refractivity contribution in [1.82, 2.24) is 0 Å². The molecule has 0 aromatic rings.